The lowest BCUT2D eigenvalue weighted by atomic mass is 9.94. The summed E-state index contributed by atoms with van der Waals surface area (Å²) in [6, 6.07) is 12.5. The van der Waals surface area contributed by atoms with Crippen molar-refractivity contribution in [1.82, 2.24) is 25.2 Å². The van der Waals surface area contributed by atoms with Crippen LogP contribution in [-0.2, 0) is 16.1 Å². The fourth-order valence-electron chi connectivity index (χ4n) is 4.54. The van der Waals surface area contributed by atoms with Crippen LogP contribution in [0.1, 0.15) is 48.9 Å². The van der Waals surface area contributed by atoms with Crippen molar-refractivity contribution in [3.63, 3.8) is 0 Å². The lowest BCUT2D eigenvalue weighted by Crippen LogP contribution is -2.48. The van der Waals surface area contributed by atoms with E-state index >= 15 is 0 Å². The maximum atomic E-state index is 14.9. The third kappa shape index (κ3) is 5.95. The zero-order valence-corrected chi connectivity index (χ0v) is 21.4. The highest BCUT2D eigenvalue weighted by molar-refractivity contribution is 5.89. The monoisotopic (exact) mass is 510 g/mol. The quantitative estimate of drug-likeness (QED) is 0.502. The van der Waals surface area contributed by atoms with Crippen molar-refractivity contribution in [1.29, 1.82) is 0 Å². The molecule has 2 aromatic carbocycles. The van der Waals surface area contributed by atoms with Gasteiger partial charge in [-0.1, -0.05) is 61.5 Å². The summed E-state index contributed by atoms with van der Waals surface area (Å²) >= 11 is 0. The van der Waals surface area contributed by atoms with Gasteiger partial charge in [0, 0.05) is 20.5 Å². The van der Waals surface area contributed by atoms with Gasteiger partial charge in [-0.05, 0) is 28.7 Å². The number of nitrogens with zero attached hydrogens (tertiary/aromatic N) is 5. The molecule has 1 saturated heterocycles. The number of rotatable bonds is 8. The van der Waals surface area contributed by atoms with Crippen LogP contribution in [-0.4, -0.2) is 64.6 Å². The zero-order chi connectivity index (χ0) is 26.7. The molecule has 1 aliphatic heterocycles. The molecule has 0 spiro atoms. The van der Waals surface area contributed by atoms with E-state index in [1.807, 2.05) is 44.2 Å². The van der Waals surface area contributed by atoms with E-state index in [4.69, 9.17) is 0 Å². The van der Waals surface area contributed by atoms with E-state index in [1.165, 1.54) is 15.6 Å². The van der Waals surface area contributed by atoms with E-state index in [1.54, 1.807) is 37.3 Å². The molecule has 3 aromatic rings. The molecule has 10 heteroatoms. The molecule has 2 heterocycles. The van der Waals surface area contributed by atoms with Gasteiger partial charge in [-0.15, -0.1) is 5.10 Å². The Kier molecular flexibility index (Phi) is 7.85. The first kappa shape index (κ1) is 26.2. The Hall–Kier alpha value is -3.82. The molecular formula is C27H32F2N6O2. The second-order valence-electron chi connectivity index (χ2n) is 9.85. The summed E-state index contributed by atoms with van der Waals surface area (Å²) in [6.45, 7) is 3.48. The van der Waals surface area contributed by atoms with Gasteiger partial charge in [0.15, 0.2) is 5.82 Å². The number of likely N-dealkylation sites (tertiary alicyclic amines) is 1. The van der Waals surface area contributed by atoms with E-state index in [-0.39, 0.29) is 31.2 Å². The highest BCUT2D eigenvalue weighted by atomic mass is 19.1. The average Bonchev–Trinajstić information content (AvgIpc) is 3.49. The van der Waals surface area contributed by atoms with Gasteiger partial charge >= 0.3 is 0 Å². The van der Waals surface area contributed by atoms with Crippen molar-refractivity contribution in [2.75, 3.05) is 25.5 Å². The molecule has 1 N–H and O–H groups in total. The van der Waals surface area contributed by atoms with Gasteiger partial charge in [-0.3, -0.25) is 9.59 Å². The van der Waals surface area contributed by atoms with E-state index in [9.17, 15) is 18.4 Å². The molecule has 2 amide bonds. The molecule has 1 aliphatic rings. The maximum absolute atomic E-state index is 14.9. The summed E-state index contributed by atoms with van der Waals surface area (Å²) in [6.07, 6.45) is 0.169. The van der Waals surface area contributed by atoms with E-state index in [0.29, 0.717) is 16.9 Å². The van der Waals surface area contributed by atoms with Gasteiger partial charge in [0.2, 0.25) is 11.8 Å². The molecule has 0 unspecified atom stereocenters. The largest absolute Gasteiger partial charge is 0.360 e. The Bertz CT molecular complexity index is 1250. The Morgan fingerprint density at radius 1 is 1.14 bits per heavy atom. The van der Waals surface area contributed by atoms with Crippen LogP contribution in [0.4, 0.5) is 14.6 Å². The third-order valence-electron chi connectivity index (χ3n) is 6.55. The van der Waals surface area contributed by atoms with Crippen LogP contribution in [0.2, 0.25) is 0 Å². The molecule has 0 bridgehead atoms. The zero-order valence-electron chi connectivity index (χ0n) is 21.4. The van der Waals surface area contributed by atoms with Crippen molar-refractivity contribution in [3.05, 3.63) is 77.2 Å². The predicted molar refractivity (Wildman–Crippen MR) is 136 cm³/mol. The number of nitrogens with one attached hydrogen (secondary N) is 1. The summed E-state index contributed by atoms with van der Waals surface area (Å²) in [7, 11) is 3.60. The first-order valence-electron chi connectivity index (χ1n) is 12.3. The fraction of sp³-hybridized carbons (Fsp3) is 0.407. The van der Waals surface area contributed by atoms with Gasteiger partial charge in [0.1, 0.15) is 24.6 Å². The highest BCUT2D eigenvalue weighted by Crippen LogP contribution is 2.28. The number of alkyl halides is 1. The maximum Gasteiger partial charge on any atom is 0.245 e. The standard InChI is InChI=1S/C27H32F2N6O2/c1-17(2)21-11-10-19(12-22(21)29)26(18-8-6-5-7-9-18)30-27(37)23-13-20(28)14-35(23)25(36)16-34-15-24(31-32-34)33(3)4/h5-12,15,17,20,23,26H,13-14,16H2,1-4H3,(H,30,37)/t20-,23+,26+/m1/s1. The van der Waals surface area contributed by atoms with Crippen LogP contribution in [0, 0.1) is 5.82 Å². The number of amides is 2. The molecule has 37 heavy (non-hydrogen) atoms. The molecule has 4 rings (SSSR count). The summed E-state index contributed by atoms with van der Waals surface area (Å²) in [4.78, 5) is 29.5. The number of halogens is 2. The Balaban J connectivity index is 1.56. The van der Waals surface area contributed by atoms with Crippen LogP contribution in [0.15, 0.2) is 54.7 Å². The molecule has 1 aromatic heterocycles. The predicted octanol–water partition coefficient (Wildman–Crippen LogP) is 3.45. The van der Waals surface area contributed by atoms with Gasteiger partial charge in [0.05, 0.1) is 18.8 Å². The number of hydrogen-bond acceptors (Lipinski definition) is 5. The van der Waals surface area contributed by atoms with Gasteiger partial charge in [0.25, 0.3) is 0 Å². The van der Waals surface area contributed by atoms with Crippen molar-refractivity contribution < 1.29 is 18.4 Å². The Morgan fingerprint density at radius 3 is 2.49 bits per heavy atom. The minimum atomic E-state index is -1.33. The molecule has 0 radical (unpaired) electrons. The van der Waals surface area contributed by atoms with Crippen LogP contribution in [0.25, 0.3) is 0 Å². The van der Waals surface area contributed by atoms with Gasteiger partial charge in [-0.25, -0.2) is 13.5 Å². The molecular weight excluding hydrogens is 478 g/mol. The summed E-state index contributed by atoms with van der Waals surface area (Å²) in [5, 5.41) is 10.9. The molecule has 196 valence electrons. The van der Waals surface area contributed by atoms with Gasteiger partial charge < -0.3 is 15.1 Å². The molecule has 3 atom stereocenters. The van der Waals surface area contributed by atoms with E-state index in [2.05, 4.69) is 15.6 Å². The number of hydrogen-bond donors (Lipinski definition) is 1. The Morgan fingerprint density at radius 2 is 1.86 bits per heavy atom. The van der Waals surface area contributed by atoms with Crippen LogP contribution < -0.4 is 10.2 Å². The first-order valence-corrected chi connectivity index (χ1v) is 12.3. The number of carbonyl (C=O) groups excluding carboxylic acids is 2. The number of aromatic nitrogens is 3. The third-order valence-corrected chi connectivity index (χ3v) is 6.55. The van der Waals surface area contributed by atoms with Gasteiger partial charge in [-0.2, -0.15) is 0 Å². The van der Waals surface area contributed by atoms with Crippen molar-refractivity contribution in [3.8, 4) is 0 Å². The normalized spacial score (nSPS) is 18.2. The lowest BCUT2D eigenvalue weighted by Gasteiger charge is -2.27. The SMILES string of the molecule is CC(C)c1ccc([C@@H](NC(=O)[C@@H]2C[C@@H](F)CN2C(=O)Cn2cc(N(C)C)nn2)c2ccccc2)cc1F. The van der Waals surface area contributed by atoms with Crippen molar-refractivity contribution >= 4 is 17.6 Å². The molecule has 1 fully saturated rings. The molecule has 8 nitrogen and oxygen atoms in total. The topological polar surface area (TPSA) is 83.4 Å². The van der Waals surface area contributed by atoms with Crippen LogP contribution in [0.3, 0.4) is 0 Å². The van der Waals surface area contributed by atoms with E-state index in [0.717, 1.165) is 5.56 Å². The minimum Gasteiger partial charge on any atom is -0.360 e. The summed E-state index contributed by atoms with van der Waals surface area (Å²) in [5.74, 6) is -0.693. The van der Waals surface area contributed by atoms with Crippen molar-refractivity contribution in [2.45, 2.75) is 51.0 Å². The second kappa shape index (κ2) is 11.1. The fourth-order valence-corrected chi connectivity index (χ4v) is 4.54. The van der Waals surface area contributed by atoms with Crippen LogP contribution >= 0.6 is 0 Å². The molecule has 0 saturated carbocycles. The van der Waals surface area contributed by atoms with Crippen LogP contribution in [0.5, 0.6) is 0 Å². The van der Waals surface area contributed by atoms with E-state index < -0.39 is 30.1 Å². The molecule has 0 aliphatic carbocycles. The smallest absolute Gasteiger partial charge is 0.245 e. The number of carbonyl (C=O) groups is 2. The average molecular weight is 511 g/mol. The second-order valence-corrected chi connectivity index (χ2v) is 9.85. The Labute approximate surface area is 215 Å². The summed E-state index contributed by atoms with van der Waals surface area (Å²) in [5.41, 5.74) is 1.90. The van der Waals surface area contributed by atoms with Crippen molar-refractivity contribution in [2.24, 2.45) is 0 Å². The number of benzene rings is 2. The minimum absolute atomic E-state index is 0.0113. The highest BCUT2D eigenvalue weighted by Gasteiger charge is 2.40. The number of anilines is 1. The lowest BCUT2D eigenvalue weighted by molar-refractivity contribution is -0.139. The first-order chi connectivity index (χ1) is 17.6. The summed E-state index contributed by atoms with van der Waals surface area (Å²) < 4.78 is 30.7.